The van der Waals surface area contributed by atoms with Gasteiger partial charge < -0.3 is 0 Å². The number of sulfone groups is 1. The van der Waals surface area contributed by atoms with Crippen molar-refractivity contribution < 1.29 is 8.42 Å². The van der Waals surface area contributed by atoms with Crippen LogP contribution in [0.25, 0.3) is 0 Å². The monoisotopic (exact) mass is 118 g/mol. The molecule has 0 radical (unpaired) electrons. The molecule has 3 heteroatoms. The van der Waals surface area contributed by atoms with Crippen LogP contribution in [-0.4, -0.2) is 20.4 Å². The molecule has 0 N–H and O–H groups in total. The molecule has 2 nitrogen and oxygen atoms in total. The van der Waals surface area contributed by atoms with Gasteiger partial charge in [-0.15, -0.1) is 6.42 Å². The minimum atomic E-state index is -2.91. The summed E-state index contributed by atoms with van der Waals surface area (Å²) < 4.78 is 20.2. The van der Waals surface area contributed by atoms with E-state index >= 15 is 0 Å². The topological polar surface area (TPSA) is 34.1 Å². The van der Waals surface area contributed by atoms with Crippen molar-refractivity contribution in [3.05, 3.63) is 0 Å². The molecule has 0 amide bonds. The average Bonchev–Trinajstić information content (AvgIpc) is 1.30. The van der Waals surface area contributed by atoms with Crippen molar-refractivity contribution in [3.63, 3.8) is 0 Å². The average molecular weight is 118 g/mol. The van der Waals surface area contributed by atoms with Crippen LogP contribution >= 0.6 is 0 Å². The Morgan fingerprint density at radius 1 is 1.71 bits per heavy atom. The van der Waals surface area contributed by atoms with Crippen LogP contribution < -0.4 is 0 Å². The van der Waals surface area contributed by atoms with Gasteiger partial charge in [-0.2, -0.15) is 0 Å². The van der Waals surface area contributed by atoms with E-state index in [9.17, 15) is 8.42 Å². The fourth-order valence-electron chi connectivity index (χ4n) is 0.151. The zero-order chi connectivity index (χ0) is 5.91. The van der Waals surface area contributed by atoms with E-state index in [0.717, 1.165) is 6.26 Å². The van der Waals surface area contributed by atoms with E-state index in [4.69, 9.17) is 0 Å². The molecule has 0 rings (SSSR count). The van der Waals surface area contributed by atoms with Crippen molar-refractivity contribution in [3.8, 4) is 12.3 Å². The second-order valence-electron chi connectivity index (χ2n) is 1.27. The highest BCUT2D eigenvalue weighted by molar-refractivity contribution is 7.90. The van der Waals surface area contributed by atoms with Crippen molar-refractivity contribution in [2.45, 2.75) is 0 Å². The van der Waals surface area contributed by atoms with Gasteiger partial charge in [0.2, 0.25) is 0 Å². The van der Waals surface area contributed by atoms with Crippen LogP contribution in [0, 0.1) is 12.3 Å². The van der Waals surface area contributed by atoms with Crippen molar-refractivity contribution in [2.24, 2.45) is 0 Å². The molecule has 0 aliphatic carbocycles. The maximum Gasteiger partial charge on any atom is 0.158 e. The third-order valence-corrected chi connectivity index (χ3v) is 1.04. The lowest BCUT2D eigenvalue weighted by Crippen LogP contribution is -1.98. The van der Waals surface area contributed by atoms with Crippen molar-refractivity contribution in [1.29, 1.82) is 0 Å². The van der Waals surface area contributed by atoms with Crippen LogP contribution in [0.4, 0.5) is 0 Å². The fraction of sp³-hybridized carbons (Fsp3) is 0.500. The van der Waals surface area contributed by atoms with Gasteiger partial charge in [-0.25, -0.2) is 8.42 Å². The van der Waals surface area contributed by atoms with Crippen LogP contribution in [0.2, 0.25) is 0 Å². The van der Waals surface area contributed by atoms with Gasteiger partial charge in [0.15, 0.2) is 9.84 Å². The quantitative estimate of drug-likeness (QED) is 0.441. The molecule has 0 spiro atoms. The van der Waals surface area contributed by atoms with Crippen LogP contribution in [0.1, 0.15) is 0 Å². The number of hydrogen-bond acceptors (Lipinski definition) is 2. The molecule has 40 valence electrons. The molecular formula is C4H6O2S. The number of hydrogen-bond donors (Lipinski definition) is 0. The van der Waals surface area contributed by atoms with E-state index in [1.807, 2.05) is 5.92 Å². The Bertz CT molecular complexity index is 170. The largest absolute Gasteiger partial charge is 0.228 e. The van der Waals surface area contributed by atoms with E-state index in [1.54, 1.807) is 0 Å². The Balaban J connectivity index is 3.92. The predicted octanol–water partition coefficient (Wildman–Crippen LogP) is -0.336. The Morgan fingerprint density at radius 3 is 2.14 bits per heavy atom. The molecule has 0 unspecified atom stereocenters. The highest BCUT2D eigenvalue weighted by Crippen LogP contribution is 1.75. The van der Waals surface area contributed by atoms with E-state index in [2.05, 4.69) is 6.42 Å². The summed E-state index contributed by atoms with van der Waals surface area (Å²) in [6.45, 7) is 0. The second kappa shape index (κ2) is 1.99. The SMILES string of the molecule is C#CCS(C)(=O)=O. The summed E-state index contributed by atoms with van der Waals surface area (Å²) in [5, 5.41) is 0. The summed E-state index contributed by atoms with van der Waals surface area (Å²) in [5.74, 6) is 1.86. The summed E-state index contributed by atoms with van der Waals surface area (Å²) in [6, 6.07) is 0. The van der Waals surface area contributed by atoms with E-state index in [1.165, 1.54) is 0 Å². The second-order valence-corrected chi connectivity index (χ2v) is 3.41. The van der Waals surface area contributed by atoms with Gasteiger partial charge in [-0.3, -0.25) is 0 Å². The third kappa shape index (κ3) is 5.51. The number of rotatable bonds is 1. The van der Waals surface area contributed by atoms with Gasteiger partial charge in [-0.05, 0) is 0 Å². The molecule has 0 heterocycles. The lowest BCUT2D eigenvalue weighted by molar-refractivity contribution is 0.605. The highest BCUT2D eigenvalue weighted by Gasteiger charge is 1.93. The van der Waals surface area contributed by atoms with Crippen LogP contribution in [0.3, 0.4) is 0 Å². The standard InChI is InChI=1S/C4H6O2S/c1-3-4-7(2,5)6/h1H,4H2,2H3. The predicted molar refractivity (Wildman–Crippen MR) is 28.5 cm³/mol. The molecular weight excluding hydrogens is 112 g/mol. The maximum absolute atomic E-state index is 10.1. The van der Waals surface area contributed by atoms with E-state index < -0.39 is 9.84 Å². The molecule has 0 atom stereocenters. The van der Waals surface area contributed by atoms with Gasteiger partial charge in [0.05, 0.1) is 0 Å². The third-order valence-electron chi connectivity index (χ3n) is 0.346. The molecule has 7 heavy (non-hydrogen) atoms. The van der Waals surface area contributed by atoms with Crippen LogP contribution in [0.15, 0.2) is 0 Å². The lowest BCUT2D eigenvalue weighted by atomic mass is 10.8. The van der Waals surface area contributed by atoms with Crippen molar-refractivity contribution in [2.75, 3.05) is 12.0 Å². The van der Waals surface area contributed by atoms with E-state index in [-0.39, 0.29) is 5.75 Å². The molecule has 0 saturated heterocycles. The zero-order valence-corrected chi connectivity index (χ0v) is 4.83. The van der Waals surface area contributed by atoms with Crippen LogP contribution in [0.5, 0.6) is 0 Å². The highest BCUT2D eigenvalue weighted by atomic mass is 32.2. The first kappa shape index (κ1) is 6.51. The molecule has 0 aliphatic rings. The Hall–Kier alpha value is -0.490. The van der Waals surface area contributed by atoms with Gasteiger partial charge in [-0.1, -0.05) is 5.92 Å². The summed E-state index contributed by atoms with van der Waals surface area (Å²) in [6.07, 6.45) is 5.79. The molecule has 0 saturated carbocycles. The molecule has 0 bridgehead atoms. The summed E-state index contributed by atoms with van der Waals surface area (Å²) >= 11 is 0. The van der Waals surface area contributed by atoms with Gasteiger partial charge in [0.25, 0.3) is 0 Å². The van der Waals surface area contributed by atoms with Gasteiger partial charge in [0.1, 0.15) is 5.75 Å². The minimum Gasteiger partial charge on any atom is -0.228 e. The lowest BCUT2D eigenvalue weighted by Gasteiger charge is -1.81. The summed E-state index contributed by atoms with van der Waals surface area (Å²) in [5.41, 5.74) is 0. The molecule has 0 fully saturated rings. The van der Waals surface area contributed by atoms with Crippen LogP contribution in [-0.2, 0) is 9.84 Å². The molecule has 0 aromatic heterocycles. The first-order valence-electron chi connectivity index (χ1n) is 1.67. The fourth-order valence-corrected chi connectivity index (χ4v) is 0.454. The first-order chi connectivity index (χ1) is 3.06. The molecule has 0 aromatic rings. The molecule has 0 aromatic carbocycles. The van der Waals surface area contributed by atoms with Crippen molar-refractivity contribution >= 4 is 9.84 Å². The van der Waals surface area contributed by atoms with E-state index in [0.29, 0.717) is 0 Å². The Labute approximate surface area is 43.5 Å². The van der Waals surface area contributed by atoms with Gasteiger partial charge >= 0.3 is 0 Å². The van der Waals surface area contributed by atoms with Crippen molar-refractivity contribution in [1.82, 2.24) is 0 Å². The Kier molecular flexibility index (Phi) is 1.85. The molecule has 0 aliphatic heterocycles. The zero-order valence-electron chi connectivity index (χ0n) is 4.01. The Morgan fingerprint density at radius 2 is 2.14 bits per heavy atom. The van der Waals surface area contributed by atoms with Gasteiger partial charge in [0, 0.05) is 6.26 Å². The maximum atomic E-state index is 10.1. The summed E-state index contributed by atoms with van der Waals surface area (Å²) in [4.78, 5) is 0. The number of terminal acetylenes is 1. The smallest absolute Gasteiger partial charge is 0.158 e. The first-order valence-corrected chi connectivity index (χ1v) is 3.73. The summed E-state index contributed by atoms with van der Waals surface area (Å²) in [7, 11) is -2.91. The normalized spacial score (nSPS) is 10.3. The minimum absolute atomic E-state index is 0.160.